The number of nitrogens with two attached hydrogens (primary N) is 2. The Kier molecular flexibility index (Phi) is 5.51. The zero-order valence-corrected chi connectivity index (χ0v) is 7.63. The van der Waals surface area contributed by atoms with Gasteiger partial charge in [0.05, 0.1) is 6.61 Å². The molecule has 0 aromatic rings. The lowest BCUT2D eigenvalue weighted by Gasteiger charge is -2.09. The minimum atomic E-state index is -3.69. The minimum Gasteiger partial charge on any atom is -0.330 e. The molecule has 1 atom stereocenters. The molecule has 0 aliphatic rings. The maximum absolute atomic E-state index is 11.0. The van der Waals surface area contributed by atoms with E-state index in [0.717, 1.165) is 6.42 Å². The molecule has 12 heavy (non-hydrogen) atoms. The lowest BCUT2D eigenvalue weighted by atomic mass is 10.3. The fourth-order valence-corrected chi connectivity index (χ4v) is 1.22. The topological polar surface area (TPSA) is 108 Å². The quantitative estimate of drug-likeness (QED) is 0.283. The third-order valence-corrected chi connectivity index (χ3v) is 2.16. The first-order valence-corrected chi connectivity index (χ1v) is 5.33. The summed E-state index contributed by atoms with van der Waals surface area (Å²) in [6.07, 6.45) is 0.853. The molecule has 0 radical (unpaired) electrons. The molecule has 0 rings (SSSR count). The zero-order chi connectivity index (χ0) is 10.2. The minimum absolute atomic E-state index is 0.173. The van der Waals surface area contributed by atoms with E-state index >= 15 is 0 Å². The summed E-state index contributed by atoms with van der Waals surface area (Å²) in [4.78, 5) is 13.2. The molecule has 0 aliphatic carbocycles. The maximum atomic E-state index is 11.0. The molecule has 6 nitrogen and oxygen atoms in total. The fraction of sp³-hybridized carbons (Fsp3) is 1.00. The average Bonchev–Trinajstić information content (AvgIpc) is 2.09. The Balaban J connectivity index is 3.45. The van der Waals surface area contributed by atoms with Crippen LogP contribution in [0.1, 0.15) is 12.8 Å². The van der Waals surface area contributed by atoms with Gasteiger partial charge in [-0.25, -0.2) is 5.89 Å². The van der Waals surface area contributed by atoms with E-state index in [2.05, 4.69) is 9.36 Å². The lowest BCUT2D eigenvalue weighted by Crippen LogP contribution is -2.06. The van der Waals surface area contributed by atoms with Crippen LogP contribution in [0.3, 0.4) is 0 Å². The Morgan fingerprint density at radius 2 is 2.33 bits per heavy atom. The summed E-state index contributed by atoms with van der Waals surface area (Å²) in [7, 11) is -3.69. The Morgan fingerprint density at radius 3 is 2.92 bits per heavy atom. The Bertz CT molecular complexity index is 171. The molecule has 0 heterocycles. The van der Waals surface area contributed by atoms with Gasteiger partial charge in [0.15, 0.2) is 7.76 Å². The third kappa shape index (κ3) is 6.72. The SMILES string of the molecule is [2H]NOCP(=O)(O)OCCCCN. The second-order valence-corrected chi connectivity index (χ2v) is 4.03. The first-order chi connectivity index (χ1) is 6.12. The second-order valence-electron chi connectivity index (χ2n) is 2.24. The van der Waals surface area contributed by atoms with Gasteiger partial charge in [0.1, 0.15) is 0 Å². The molecule has 7 heteroatoms. The smallest absolute Gasteiger partial charge is 0.330 e. The van der Waals surface area contributed by atoms with Gasteiger partial charge in [0, 0.05) is 0 Å². The normalized spacial score (nSPS) is 17.0. The van der Waals surface area contributed by atoms with E-state index in [1.54, 1.807) is 5.89 Å². The van der Waals surface area contributed by atoms with Gasteiger partial charge in [-0.15, -0.1) is 0 Å². The summed E-state index contributed by atoms with van der Waals surface area (Å²) in [6, 6.07) is 0. The highest BCUT2D eigenvalue weighted by Gasteiger charge is 2.18. The average molecular weight is 199 g/mol. The summed E-state index contributed by atoms with van der Waals surface area (Å²) in [5, 5.41) is 0. The molecule has 0 amide bonds. The van der Waals surface area contributed by atoms with Crippen LogP contribution in [0.5, 0.6) is 0 Å². The summed E-state index contributed by atoms with van der Waals surface area (Å²) in [5.74, 6) is 1.54. The molecule has 74 valence electrons. The van der Waals surface area contributed by atoms with E-state index in [4.69, 9.17) is 12.0 Å². The van der Waals surface area contributed by atoms with E-state index in [-0.39, 0.29) is 6.61 Å². The highest BCUT2D eigenvalue weighted by Crippen LogP contribution is 2.41. The van der Waals surface area contributed by atoms with Crippen LogP contribution in [0.2, 0.25) is 1.41 Å². The fourth-order valence-electron chi connectivity index (χ4n) is 0.572. The summed E-state index contributed by atoms with van der Waals surface area (Å²) in [6.45, 7) is 0.705. The Morgan fingerprint density at radius 1 is 1.58 bits per heavy atom. The van der Waals surface area contributed by atoms with E-state index < -0.39 is 13.9 Å². The Labute approximate surface area is 72.8 Å². The van der Waals surface area contributed by atoms with Crippen LogP contribution in [-0.4, -0.2) is 24.4 Å². The highest BCUT2D eigenvalue weighted by atomic mass is 31.2. The zero-order valence-electron chi connectivity index (χ0n) is 7.73. The monoisotopic (exact) mass is 199 g/mol. The van der Waals surface area contributed by atoms with E-state index in [0.29, 0.717) is 13.0 Å². The van der Waals surface area contributed by atoms with Gasteiger partial charge in [-0.1, -0.05) is 0 Å². The van der Waals surface area contributed by atoms with Crippen LogP contribution in [0.15, 0.2) is 0 Å². The molecule has 5 N–H and O–H groups in total. The van der Waals surface area contributed by atoms with Crippen molar-refractivity contribution in [3.8, 4) is 0 Å². The molecular weight excluding hydrogens is 183 g/mol. The van der Waals surface area contributed by atoms with Gasteiger partial charge < -0.3 is 15.2 Å². The molecule has 1 unspecified atom stereocenters. The standard InChI is InChI=1S/C5H15N2O4P/c6-3-1-2-4-11-12(8,9)5-10-7/h1-7H2,(H,8,9)/i7D. The molecule has 0 aliphatic heterocycles. The number of hydrogen-bond acceptors (Lipinski definition) is 5. The van der Waals surface area contributed by atoms with Crippen molar-refractivity contribution < 1.29 is 20.2 Å². The first-order valence-electron chi connectivity index (χ1n) is 4.07. The predicted octanol–water partition coefficient (Wildman–Crippen LogP) is -0.225. The molecule has 0 aromatic carbocycles. The van der Waals surface area contributed by atoms with Crippen LogP contribution < -0.4 is 11.6 Å². The molecule has 0 saturated heterocycles. The van der Waals surface area contributed by atoms with Crippen molar-refractivity contribution in [3.63, 3.8) is 0 Å². The molecule has 0 aromatic heterocycles. The molecule has 0 spiro atoms. The van der Waals surface area contributed by atoms with E-state index in [1.807, 2.05) is 0 Å². The van der Waals surface area contributed by atoms with Crippen LogP contribution in [0.25, 0.3) is 0 Å². The largest absolute Gasteiger partial charge is 0.355 e. The lowest BCUT2D eigenvalue weighted by molar-refractivity contribution is 0.147. The van der Waals surface area contributed by atoms with E-state index in [1.165, 1.54) is 0 Å². The van der Waals surface area contributed by atoms with Crippen molar-refractivity contribution >= 4 is 7.60 Å². The second kappa shape index (κ2) is 6.54. The van der Waals surface area contributed by atoms with E-state index in [9.17, 15) is 4.57 Å². The van der Waals surface area contributed by atoms with Crippen LogP contribution in [-0.2, 0) is 13.9 Å². The van der Waals surface area contributed by atoms with Crippen molar-refractivity contribution in [1.29, 1.82) is 0 Å². The number of unbranched alkanes of at least 4 members (excludes halogenated alkanes) is 1. The Hall–Kier alpha value is 0.0300. The summed E-state index contributed by atoms with van der Waals surface area (Å²) >= 11 is 0. The van der Waals surface area contributed by atoms with Crippen molar-refractivity contribution in [3.05, 3.63) is 0 Å². The highest BCUT2D eigenvalue weighted by molar-refractivity contribution is 7.52. The molecule has 0 fully saturated rings. The molecule has 0 bridgehead atoms. The van der Waals surface area contributed by atoms with Gasteiger partial charge >= 0.3 is 7.60 Å². The van der Waals surface area contributed by atoms with Crippen LogP contribution in [0, 0.1) is 0 Å². The third-order valence-electron chi connectivity index (χ3n) is 1.12. The number of hydrogen-bond donors (Lipinski definition) is 3. The van der Waals surface area contributed by atoms with Gasteiger partial charge in [0.25, 0.3) is 0 Å². The van der Waals surface area contributed by atoms with Crippen molar-refractivity contribution in [2.24, 2.45) is 11.6 Å². The summed E-state index contributed by atoms with van der Waals surface area (Å²) < 4.78 is 22.0. The maximum Gasteiger partial charge on any atom is 0.355 e. The molecular formula is C5H15N2O4P. The van der Waals surface area contributed by atoms with Crippen LogP contribution in [0.4, 0.5) is 0 Å². The summed E-state index contributed by atoms with van der Waals surface area (Å²) in [5.41, 5.74) is 5.21. The van der Waals surface area contributed by atoms with Crippen molar-refractivity contribution in [1.82, 2.24) is 0 Å². The van der Waals surface area contributed by atoms with Crippen molar-refractivity contribution in [2.45, 2.75) is 12.8 Å². The molecule has 0 saturated carbocycles. The van der Waals surface area contributed by atoms with Crippen LogP contribution >= 0.6 is 7.60 Å². The van der Waals surface area contributed by atoms with Gasteiger partial charge in [-0.3, -0.25) is 9.40 Å². The predicted molar refractivity (Wildman–Crippen MR) is 44.2 cm³/mol. The number of rotatable bonds is 8. The first kappa shape index (κ1) is 10.1. The van der Waals surface area contributed by atoms with Gasteiger partial charge in [-0.2, -0.15) is 0 Å². The van der Waals surface area contributed by atoms with Gasteiger partial charge in [-0.05, 0) is 19.4 Å². The van der Waals surface area contributed by atoms with Crippen molar-refractivity contribution in [2.75, 3.05) is 19.5 Å². The van der Waals surface area contributed by atoms with Gasteiger partial charge in [0.2, 0.25) is 0 Å².